The number of aromatic nitrogens is 2. The summed E-state index contributed by atoms with van der Waals surface area (Å²) in [6, 6.07) is -0.414. The quantitative estimate of drug-likeness (QED) is 0.796. The fraction of sp³-hybridized carbons (Fsp3) is 0.364. The summed E-state index contributed by atoms with van der Waals surface area (Å²) in [5.41, 5.74) is 0.172. The van der Waals surface area contributed by atoms with Crippen molar-refractivity contribution >= 4 is 21.6 Å². The standard InChI is InChI=1S/C11H13N3O4S/c1-7-12-5-9(11(15)18-2)10(13-7)14-8-3-4-19(16,17)6-8/h3-5,8H,6H2,1-2H3,(H,12,13,14). The van der Waals surface area contributed by atoms with E-state index in [1.165, 1.54) is 19.4 Å². The highest BCUT2D eigenvalue weighted by Crippen LogP contribution is 2.17. The largest absolute Gasteiger partial charge is 0.465 e. The molecule has 1 unspecified atom stereocenters. The zero-order chi connectivity index (χ0) is 14.0. The Morgan fingerprint density at radius 2 is 2.26 bits per heavy atom. The maximum Gasteiger partial charge on any atom is 0.343 e. The fourth-order valence-electron chi connectivity index (χ4n) is 1.68. The van der Waals surface area contributed by atoms with E-state index in [9.17, 15) is 13.2 Å². The number of methoxy groups -OCH3 is 1. The van der Waals surface area contributed by atoms with Crippen molar-refractivity contribution in [1.29, 1.82) is 0 Å². The number of esters is 1. The van der Waals surface area contributed by atoms with E-state index in [0.717, 1.165) is 5.41 Å². The molecule has 0 spiro atoms. The molecule has 1 aliphatic heterocycles. The van der Waals surface area contributed by atoms with E-state index in [-0.39, 0.29) is 17.1 Å². The first-order chi connectivity index (χ1) is 8.91. The van der Waals surface area contributed by atoms with Crippen LogP contribution in [0.2, 0.25) is 0 Å². The Morgan fingerprint density at radius 1 is 1.53 bits per heavy atom. The molecule has 0 amide bonds. The van der Waals surface area contributed by atoms with Gasteiger partial charge in [0, 0.05) is 11.6 Å². The third-order valence-electron chi connectivity index (χ3n) is 2.57. The normalized spacial score (nSPS) is 20.2. The van der Waals surface area contributed by atoms with Crippen molar-refractivity contribution in [1.82, 2.24) is 9.97 Å². The lowest BCUT2D eigenvalue weighted by molar-refractivity contribution is 0.0601. The van der Waals surface area contributed by atoms with Gasteiger partial charge < -0.3 is 10.1 Å². The van der Waals surface area contributed by atoms with Crippen molar-refractivity contribution in [2.24, 2.45) is 0 Å². The SMILES string of the molecule is COC(=O)c1cnc(C)nc1NC1C=CS(=O)(=O)C1. The molecule has 1 N–H and O–H groups in total. The summed E-state index contributed by atoms with van der Waals surface area (Å²) in [6.45, 7) is 1.67. The molecule has 102 valence electrons. The first kappa shape index (κ1) is 13.5. The van der Waals surface area contributed by atoms with Gasteiger partial charge in [0.1, 0.15) is 17.2 Å². The molecule has 0 saturated heterocycles. The van der Waals surface area contributed by atoms with Crippen LogP contribution in [0.15, 0.2) is 17.7 Å². The predicted octanol–water partition coefficient (Wildman–Crippen LogP) is 0.294. The smallest absolute Gasteiger partial charge is 0.343 e. The first-order valence-corrected chi connectivity index (χ1v) is 7.22. The minimum atomic E-state index is -3.17. The van der Waals surface area contributed by atoms with Crippen molar-refractivity contribution in [3.8, 4) is 0 Å². The molecule has 2 heterocycles. The van der Waals surface area contributed by atoms with Crippen LogP contribution in [0, 0.1) is 6.92 Å². The van der Waals surface area contributed by atoms with Gasteiger partial charge in [0.2, 0.25) is 0 Å². The molecule has 0 bridgehead atoms. The van der Waals surface area contributed by atoms with Gasteiger partial charge in [-0.2, -0.15) is 0 Å². The van der Waals surface area contributed by atoms with E-state index < -0.39 is 21.8 Å². The van der Waals surface area contributed by atoms with Gasteiger partial charge in [0.15, 0.2) is 9.84 Å². The lowest BCUT2D eigenvalue weighted by atomic mass is 10.2. The number of hydrogen-bond acceptors (Lipinski definition) is 7. The second-order valence-electron chi connectivity index (χ2n) is 4.08. The molecule has 7 nitrogen and oxygen atoms in total. The van der Waals surface area contributed by atoms with Crippen LogP contribution in [0.4, 0.5) is 5.82 Å². The van der Waals surface area contributed by atoms with E-state index in [1.807, 2.05) is 0 Å². The van der Waals surface area contributed by atoms with E-state index in [1.54, 1.807) is 6.92 Å². The topological polar surface area (TPSA) is 98.2 Å². The molecule has 19 heavy (non-hydrogen) atoms. The van der Waals surface area contributed by atoms with Gasteiger partial charge in [-0.15, -0.1) is 0 Å². The van der Waals surface area contributed by atoms with Crippen molar-refractivity contribution in [2.75, 3.05) is 18.2 Å². The maximum atomic E-state index is 11.6. The zero-order valence-electron chi connectivity index (χ0n) is 10.5. The number of ether oxygens (including phenoxy) is 1. The number of hydrogen-bond donors (Lipinski definition) is 1. The Balaban J connectivity index is 2.27. The van der Waals surface area contributed by atoms with Crippen molar-refractivity contribution in [3.63, 3.8) is 0 Å². The van der Waals surface area contributed by atoms with Crippen LogP contribution < -0.4 is 5.32 Å². The minimum Gasteiger partial charge on any atom is -0.465 e. The highest BCUT2D eigenvalue weighted by molar-refractivity contribution is 7.94. The molecule has 1 aromatic heterocycles. The lowest BCUT2D eigenvalue weighted by Gasteiger charge is -2.13. The number of rotatable bonds is 3. The summed E-state index contributed by atoms with van der Waals surface area (Å²) < 4.78 is 27.3. The van der Waals surface area contributed by atoms with Crippen LogP contribution in [0.25, 0.3) is 0 Å². The van der Waals surface area contributed by atoms with Crippen molar-refractivity contribution < 1.29 is 17.9 Å². The van der Waals surface area contributed by atoms with Gasteiger partial charge in [-0.25, -0.2) is 23.2 Å². The maximum absolute atomic E-state index is 11.6. The Morgan fingerprint density at radius 3 is 2.84 bits per heavy atom. The molecule has 0 aromatic carbocycles. The minimum absolute atomic E-state index is 0.0589. The number of anilines is 1. The summed E-state index contributed by atoms with van der Waals surface area (Å²) in [6.07, 6.45) is 2.87. The number of sulfone groups is 1. The van der Waals surface area contributed by atoms with E-state index >= 15 is 0 Å². The summed E-state index contributed by atoms with van der Waals surface area (Å²) in [7, 11) is -1.91. The number of carbonyl (C=O) groups is 1. The summed E-state index contributed by atoms with van der Waals surface area (Å²) >= 11 is 0. The monoisotopic (exact) mass is 283 g/mol. The lowest BCUT2D eigenvalue weighted by Crippen LogP contribution is -2.23. The van der Waals surface area contributed by atoms with E-state index in [2.05, 4.69) is 20.0 Å². The highest BCUT2D eigenvalue weighted by atomic mass is 32.2. The molecule has 0 saturated carbocycles. The summed E-state index contributed by atoms with van der Waals surface area (Å²) in [5.74, 6) is 0.106. The third kappa shape index (κ3) is 3.08. The average Bonchev–Trinajstić information content (AvgIpc) is 2.68. The van der Waals surface area contributed by atoms with Crippen LogP contribution in [-0.4, -0.2) is 43.3 Å². The van der Waals surface area contributed by atoms with Gasteiger partial charge in [-0.3, -0.25) is 0 Å². The van der Waals surface area contributed by atoms with Gasteiger partial charge >= 0.3 is 5.97 Å². The highest BCUT2D eigenvalue weighted by Gasteiger charge is 2.24. The molecular formula is C11H13N3O4S. The predicted molar refractivity (Wildman–Crippen MR) is 68.4 cm³/mol. The number of carbonyl (C=O) groups excluding carboxylic acids is 1. The molecule has 8 heteroatoms. The molecule has 1 aromatic rings. The molecule has 1 atom stereocenters. The Bertz CT molecular complexity index is 639. The fourth-order valence-corrected chi connectivity index (χ4v) is 2.92. The molecule has 2 rings (SSSR count). The van der Waals surface area contributed by atoms with E-state index in [0.29, 0.717) is 5.82 Å². The van der Waals surface area contributed by atoms with Crippen molar-refractivity contribution in [2.45, 2.75) is 13.0 Å². The first-order valence-electron chi connectivity index (χ1n) is 5.51. The van der Waals surface area contributed by atoms with Crippen LogP contribution in [0.1, 0.15) is 16.2 Å². The Kier molecular flexibility index (Phi) is 3.52. The summed E-state index contributed by atoms with van der Waals surface area (Å²) in [5, 5.41) is 4.05. The number of aryl methyl sites for hydroxylation is 1. The van der Waals surface area contributed by atoms with Gasteiger partial charge in [0.25, 0.3) is 0 Å². The van der Waals surface area contributed by atoms with E-state index in [4.69, 9.17) is 0 Å². The molecule has 1 aliphatic rings. The number of nitrogens with one attached hydrogen (secondary N) is 1. The average molecular weight is 283 g/mol. The molecule has 0 fully saturated rings. The van der Waals surface area contributed by atoms with Gasteiger partial charge in [-0.1, -0.05) is 0 Å². The summed E-state index contributed by atoms with van der Waals surface area (Å²) in [4.78, 5) is 19.6. The Labute approximate surface area is 110 Å². The second kappa shape index (κ2) is 4.96. The van der Waals surface area contributed by atoms with Crippen LogP contribution >= 0.6 is 0 Å². The molecule has 0 aliphatic carbocycles. The second-order valence-corrected chi connectivity index (χ2v) is 6.01. The van der Waals surface area contributed by atoms with Crippen LogP contribution in [-0.2, 0) is 14.6 Å². The van der Waals surface area contributed by atoms with Gasteiger partial charge in [-0.05, 0) is 13.0 Å². The van der Waals surface area contributed by atoms with Crippen LogP contribution in [0.3, 0.4) is 0 Å². The molecule has 0 radical (unpaired) electrons. The number of nitrogens with zero attached hydrogens (tertiary/aromatic N) is 2. The third-order valence-corrected chi connectivity index (χ3v) is 3.96. The zero-order valence-corrected chi connectivity index (χ0v) is 11.3. The van der Waals surface area contributed by atoms with Crippen LogP contribution in [0.5, 0.6) is 0 Å². The van der Waals surface area contributed by atoms with Gasteiger partial charge in [0.05, 0.1) is 18.9 Å². The molecular weight excluding hydrogens is 270 g/mol. The van der Waals surface area contributed by atoms with Crippen molar-refractivity contribution in [3.05, 3.63) is 29.1 Å². The Hall–Kier alpha value is -1.96.